The molecule has 2 aromatic carbocycles. The highest BCUT2D eigenvalue weighted by Crippen LogP contribution is 2.56. The van der Waals surface area contributed by atoms with E-state index in [0.717, 1.165) is 35.7 Å². The van der Waals surface area contributed by atoms with Crippen LogP contribution in [0.2, 0.25) is 0 Å². The van der Waals surface area contributed by atoms with Crippen LogP contribution in [0.4, 0.5) is 5.69 Å². The lowest BCUT2D eigenvalue weighted by molar-refractivity contribution is -0.123. The third kappa shape index (κ3) is 1.46. The van der Waals surface area contributed by atoms with Crippen molar-refractivity contribution in [2.75, 3.05) is 4.90 Å². The molecule has 1 saturated heterocycles. The normalized spacial score (nSPS) is 33.0. The van der Waals surface area contributed by atoms with Crippen LogP contribution in [0.25, 0.3) is 10.8 Å². The number of benzene rings is 2. The van der Waals surface area contributed by atoms with Gasteiger partial charge in [-0.3, -0.25) is 14.5 Å². The van der Waals surface area contributed by atoms with Crippen LogP contribution in [-0.4, -0.2) is 11.8 Å². The quantitative estimate of drug-likeness (QED) is 0.755. The van der Waals surface area contributed by atoms with Gasteiger partial charge in [-0.2, -0.15) is 0 Å². The third-order valence-corrected chi connectivity index (χ3v) is 5.92. The molecule has 22 heavy (non-hydrogen) atoms. The van der Waals surface area contributed by atoms with Crippen molar-refractivity contribution in [2.24, 2.45) is 23.7 Å². The number of nitrogens with zero attached hydrogens (tertiary/aromatic N) is 1. The fourth-order valence-corrected chi connectivity index (χ4v) is 4.98. The molecule has 2 unspecified atom stereocenters. The first kappa shape index (κ1) is 12.4. The van der Waals surface area contributed by atoms with E-state index in [1.165, 1.54) is 4.90 Å². The summed E-state index contributed by atoms with van der Waals surface area (Å²) in [7, 11) is 0. The van der Waals surface area contributed by atoms with Crippen LogP contribution >= 0.6 is 0 Å². The number of carbonyl (C=O) groups is 2. The zero-order chi connectivity index (χ0) is 14.8. The standard InChI is InChI=1S/C19H17NO2/c21-18-16-13-5-6-14(9-13)17(16)19(22)20(18)15-8-7-11-3-1-2-4-12(11)10-15/h1-4,7-8,10,13-14,16-17H,5-6,9H2/t13?,14?,16-,17+. The summed E-state index contributed by atoms with van der Waals surface area (Å²) in [6, 6.07) is 13.9. The number of imide groups is 1. The average Bonchev–Trinajstić information content (AvgIpc) is 3.21. The molecule has 110 valence electrons. The molecule has 0 aromatic heterocycles. The fraction of sp³-hybridized carbons (Fsp3) is 0.368. The molecule has 0 spiro atoms. The second-order valence-corrected chi connectivity index (χ2v) is 6.93. The molecule has 3 heteroatoms. The minimum atomic E-state index is -0.0438. The van der Waals surface area contributed by atoms with Crippen LogP contribution in [0.15, 0.2) is 42.5 Å². The Morgan fingerprint density at radius 1 is 0.818 bits per heavy atom. The van der Waals surface area contributed by atoms with E-state index in [-0.39, 0.29) is 23.7 Å². The van der Waals surface area contributed by atoms with Crippen molar-refractivity contribution in [3.05, 3.63) is 42.5 Å². The Bertz CT molecular complexity index is 784. The smallest absolute Gasteiger partial charge is 0.237 e. The number of rotatable bonds is 1. The van der Waals surface area contributed by atoms with Crippen LogP contribution in [0.3, 0.4) is 0 Å². The Balaban J connectivity index is 1.59. The minimum absolute atomic E-state index is 0.0393. The van der Waals surface area contributed by atoms with Crippen LogP contribution in [0.5, 0.6) is 0 Å². The van der Waals surface area contributed by atoms with Gasteiger partial charge in [-0.25, -0.2) is 0 Å². The minimum Gasteiger partial charge on any atom is -0.274 e. The van der Waals surface area contributed by atoms with Crippen LogP contribution < -0.4 is 4.90 Å². The number of amides is 2. The molecule has 0 N–H and O–H groups in total. The fourth-order valence-electron chi connectivity index (χ4n) is 4.98. The highest BCUT2D eigenvalue weighted by Gasteiger charge is 2.61. The largest absolute Gasteiger partial charge is 0.274 e. The first-order chi connectivity index (χ1) is 10.7. The lowest BCUT2D eigenvalue weighted by atomic mass is 9.81. The molecule has 3 fully saturated rings. The van der Waals surface area contributed by atoms with Gasteiger partial charge in [0.05, 0.1) is 17.5 Å². The maximum Gasteiger partial charge on any atom is 0.237 e. The maximum absolute atomic E-state index is 12.8. The van der Waals surface area contributed by atoms with Crippen LogP contribution in [0, 0.1) is 23.7 Å². The van der Waals surface area contributed by atoms with Crippen molar-refractivity contribution in [1.82, 2.24) is 0 Å². The molecular formula is C19H17NO2. The lowest BCUT2D eigenvalue weighted by Crippen LogP contribution is -2.32. The number of fused-ring (bicyclic) bond motifs is 6. The molecule has 2 aliphatic carbocycles. The van der Waals surface area contributed by atoms with Crippen molar-refractivity contribution in [3.63, 3.8) is 0 Å². The van der Waals surface area contributed by atoms with E-state index in [2.05, 4.69) is 0 Å². The van der Waals surface area contributed by atoms with E-state index in [1.807, 2.05) is 42.5 Å². The van der Waals surface area contributed by atoms with Gasteiger partial charge in [0.1, 0.15) is 0 Å². The molecule has 2 bridgehead atoms. The molecule has 2 amide bonds. The molecule has 3 aliphatic rings. The monoisotopic (exact) mass is 291 g/mol. The Labute approximate surface area is 128 Å². The molecule has 2 aromatic rings. The molecule has 4 atom stereocenters. The summed E-state index contributed by atoms with van der Waals surface area (Å²) >= 11 is 0. The van der Waals surface area contributed by atoms with E-state index in [9.17, 15) is 9.59 Å². The van der Waals surface area contributed by atoms with E-state index in [4.69, 9.17) is 0 Å². The molecule has 5 rings (SSSR count). The van der Waals surface area contributed by atoms with Gasteiger partial charge in [-0.15, -0.1) is 0 Å². The summed E-state index contributed by atoms with van der Waals surface area (Å²) < 4.78 is 0. The van der Waals surface area contributed by atoms with E-state index in [1.54, 1.807) is 0 Å². The van der Waals surface area contributed by atoms with Crippen molar-refractivity contribution in [2.45, 2.75) is 19.3 Å². The number of anilines is 1. The zero-order valence-electron chi connectivity index (χ0n) is 12.2. The highest BCUT2D eigenvalue weighted by atomic mass is 16.2. The topological polar surface area (TPSA) is 37.4 Å². The van der Waals surface area contributed by atoms with Crippen molar-refractivity contribution in [1.29, 1.82) is 0 Å². The summed E-state index contributed by atoms with van der Waals surface area (Å²) in [4.78, 5) is 27.1. The average molecular weight is 291 g/mol. The van der Waals surface area contributed by atoms with Crippen molar-refractivity contribution in [3.8, 4) is 0 Å². The van der Waals surface area contributed by atoms with Gasteiger partial charge in [0.2, 0.25) is 11.8 Å². The molecule has 2 saturated carbocycles. The summed E-state index contributed by atoms with van der Waals surface area (Å²) in [5, 5.41) is 2.20. The van der Waals surface area contributed by atoms with E-state index >= 15 is 0 Å². The first-order valence-corrected chi connectivity index (χ1v) is 8.10. The predicted molar refractivity (Wildman–Crippen MR) is 84.3 cm³/mol. The van der Waals surface area contributed by atoms with Gasteiger partial charge < -0.3 is 0 Å². The first-order valence-electron chi connectivity index (χ1n) is 8.10. The maximum atomic E-state index is 12.8. The van der Waals surface area contributed by atoms with Crippen molar-refractivity contribution >= 4 is 28.3 Å². The summed E-state index contributed by atoms with van der Waals surface area (Å²) in [6.45, 7) is 0. The molecule has 0 radical (unpaired) electrons. The number of hydrogen-bond acceptors (Lipinski definition) is 2. The Kier molecular flexibility index (Phi) is 2.36. The Morgan fingerprint density at radius 2 is 1.45 bits per heavy atom. The number of hydrogen-bond donors (Lipinski definition) is 0. The van der Waals surface area contributed by atoms with Crippen molar-refractivity contribution < 1.29 is 9.59 Å². The Hall–Kier alpha value is -2.16. The van der Waals surface area contributed by atoms with E-state index < -0.39 is 0 Å². The zero-order valence-corrected chi connectivity index (χ0v) is 12.2. The van der Waals surface area contributed by atoms with Gasteiger partial charge >= 0.3 is 0 Å². The van der Waals surface area contributed by atoms with Gasteiger partial charge in [0, 0.05) is 0 Å². The summed E-state index contributed by atoms with van der Waals surface area (Å²) in [5.74, 6) is 0.874. The molecular weight excluding hydrogens is 274 g/mol. The molecule has 1 heterocycles. The highest BCUT2D eigenvalue weighted by molar-refractivity contribution is 6.23. The van der Waals surface area contributed by atoms with Crippen LogP contribution in [-0.2, 0) is 9.59 Å². The second-order valence-electron chi connectivity index (χ2n) is 6.93. The van der Waals surface area contributed by atoms with Crippen LogP contribution in [0.1, 0.15) is 19.3 Å². The third-order valence-electron chi connectivity index (χ3n) is 5.92. The second kappa shape index (κ2) is 4.19. The van der Waals surface area contributed by atoms with Gasteiger partial charge in [0.25, 0.3) is 0 Å². The summed E-state index contributed by atoms with van der Waals surface area (Å²) in [5.41, 5.74) is 0.738. The van der Waals surface area contributed by atoms with Gasteiger partial charge in [0.15, 0.2) is 0 Å². The summed E-state index contributed by atoms with van der Waals surface area (Å²) in [6.07, 6.45) is 3.32. The molecule has 1 aliphatic heterocycles. The number of carbonyl (C=O) groups excluding carboxylic acids is 2. The van der Waals surface area contributed by atoms with Gasteiger partial charge in [-0.05, 0) is 54.0 Å². The lowest BCUT2D eigenvalue weighted by Gasteiger charge is -2.19. The molecule has 3 nitrogen and oxygen atoms in total. The SMILES string of the molecule is O=C1[C@@H]2C3CCC(C3)[C@@H]2C(=O)N1c1ccc2ccccc2c1. The van der Waals surface area contributed by atoms with E-state index in [0.29, 0.717) is 11.8 Å². The Morgan fingerprint density at radius 3 is 2.14 bits per heavy atom. The van der Waals surface area contributed by atoms with Gasteiger partial charge in [-0.1, -0.05) is 30.3 Å². The predicted octanol–water partition coefficient (Wildman–Crippen LogP) is 3.38.